The highest BCUT2D eigenvalue weighted by Crippen LogP contribution is 2.23. The fourth-order valence-electron chi connectivity index (χ4n) is 2.48. The summed E-state index contributed by atoms with van der Waals surface area (Å²) in [6.07, 6.45) is 0. The molecule has 3 rings (SSSR count). The normalized spacial score (nSPS) is 11.8. The minimum absolute atomic E-state index is 0.209. The molecule has 0 bridgehead atoms. The Labute approximate surface area is 135 Å². The minimum Gasteiger partial charge on any atom is -0.312 e. The van der Waals surface area contributed by atoms with Gasteiger partial charge >= 0.3 is 0 Å². The van der Waals surface area contributed by atoms with Crippen molar-refractivity contribution in [3.63, 3.8) is 0 Å². The number of nitrogens with zero attached hydrogens (tertiary/aromatic N) is 3. The molecule has 2 aromatic heterocycles. The topological polar surface area (TPSA) is 76.9 Å². The second kappa shape index (κ2) is 5.34. The molecule has 0 saturated heterocycles. The number of hydrogen-bond acceptors (Lipinski definition) is 4. The van der Waals surface area contributed by atoms with Crippen LogP contribution in [0.5, 0.6) is 0 Å². The summed E-state index contributed by atoms with van der Waals surface area (Å²) in [7, 11) is -1.90. The van der Waals surface area contributed by atoms with Gasteiger partial charge < -0.3 is 4.57 Å². The number of fused-ring (bicyclic) bond motifs is 1. The summed E-state index contributed by atoms with van der Waals surface area (Å²) in [5.41, 5.74) is 4.18. The first-order chi connectivity index (χ1) is 10.8. The molecular formula is C16H18N4O2S. The molecule has 0 spiro atoms. The summed E-state index contributed by atoms with van der Waals surface area (Å²) in [5.74, 6) is 0.274. The smallest absolute Gasteiger partial charge is 0.264 e. The number of aryl methyl sites for hydroxylation is 4. The van der Waals surface area contributed by atoms with E-state index in [0.29, 0.717) is 5.52 Å². The molecule has 0 fully saturated rings. The van der Waals surface area contributed by atoms with Gasteiger partial charge in [0.15, 0.2) is 0 Å². The van der Waals surface area contributed by atoms with E-state index in [2.05, 4.69) is 14.7 Å². The van der Waals surface area contributed by atoms with E-state index >= 15 is 0 Å². The highest BCUT2D eigenvalue weighted by atomic mass is 32.2. The monoisotopic (exact) mass is 330 g/mol. The number of sulfonamides is 1. The number of aromatic nitrogens is 3. The Morgan fingerprint density at radius 3 is 2.35 bits per heavy atom. The van der Waals surface area contributed by atoms with Gasteiger partial charge in [-0.1, -0.05) is 17.7 Å². The Morgan fingerprint density at radius 1 is 1.04 bits per heavy atom. The molecule has 0 aliphatic carbocycles. The summed E-state index contributed by atoms with van der Waals surface area (Å²) in [4.78, 5) is 8.97. The molecule has 0 aliphatic rings. The third-order valence-corrected chi connectivity index (χ3v) is 5.07. The van der Waals surface area contributed by atoms with Gasteiger partial charge in [-0.25, -0.2) is 18.1 Å². The second-order valence-corrected chi connectivity index (χ2v) is 7.31. The maximum absolute atomic E-state index is 12.5. The van der Waals surface area contributed by atoms with E-state index in [1.165, 1.54) is 0 Å². The molecule has 0 unspecified atom stereocenters. The van der Waals surface area contributed by atoms with Crippen molar-refractivity contribution in [2.75, 3.05) is 4.72 Å². The average Bonchev–Trinajstić information content (AvgIpc) is 2.77. The molecular weight excluding hydrogens is 312 g/mol. The molecule has 1 aromatic carbocycles. The molecule has 3 aromatic rings. The van der Waals surface area contributed by atoms with Gasteiger partial charge in [0.05, 0.1) is 16.1 Å². The lowest BCUT2D eigenvalue weighted by Crippen LogP contribution is -2.15. The van der Waals surface area contributed by atoms with E-state index in [1.54, 1.807) is 35.9 Å². The summed E-state index contributed by atoms with van der Waals surface area (Å²) < 4.78 is 29.3. The van der Waals surface area contributed by atoms with Crippen molar-refractivity contribution < 1.29 is 8.42 Å². The second-order valence-electron chi connectivity index (χ2n) is 5.63. The molecule has 0 amide bonds. The van der Waals surface area contributed by atoms with Crippen LogP contribution in [0.3, 0.4) is 0 Å². The number of pyridine rings is 1. The first-order valence-electron chi connectivity index (χ1n) is 7.18. The molecule has 120 valence electrons. The molecule has 2 heterocycles. The van der Waals surface area contributed by atoms with Crippen LogP contribution in [0.4, 0.5) is 5.95 Å². The Bertz CT molecular complexity index is 989. The van der Waals surface area contributed by atoms with Crippen molar-refractivity contribution in [1.29, 1.82) is 0 Å². The summed E-state index contributed by atoms with van der Waals surface area (Å²) >= 11 is 0. The van der Waals surface area contributed by atoms with Gasteiger partial charge in [-0.3, -0.25) is 4.98 Å². The molecule has 0 aliphatic heterocycles. The Morgan fingerprint density at radius 2 is 1.70 bits per heavy atom. The van der Waals surface area contributed by atoms with Crippen molar-refractivity contribution in [3.8, 4) is 0 Å². The fourth-order valence-corrected chi connectivity index (χ4v) is 3.51. The number of rotatable bonds is 3. The van der Waals surface area contributed by atoms with Crippen LogP contribution in [0.15, 0.2) is 35.2 Å². The summed E-state index contributed by atoms with van der Waals surface area (Å²) in [5, 5.41) is 0. The van der Waals surface area contributed by atoms with E-state index in [-0.39, 0.29) is 10.8 Å². The number of nitrogens with one attached hydrogen (secondary N) is 1. The van der Waals surface area contributed by atoms with Gasteiger partial charge in [0.1, 0.15) is 5.52 Å². The highest BCUT2D eigenvalue weighted by Gasteiger charge is 2.19. The van der Waals surface area contributed by atoms with Crippen LogP contribution in [0.1, 0.15) is 17.0 Å². The van der Waals surface area contributed by atoms with Crippen molar-refractivity contribution >= 4 is 27.0 Å². The van der Waals surface area contributed by atoms with Gasteiger partial charge in [-0.15, -0.1) is 0 Å². The number of hydrogen-bond donors (Lipinski definition) is 1. The van der Waals surface area contributed by atoms with Gasteiger partial charge in [0.25, 0.3) is 10.0 Å². The Kier molecular flexibility index (Phi) is 3.60. The largest absolute Gasteiger partial charge is 0.312 e. The average molecular weight is 330 g/mol. The lowest BCUT2D eigenvalue weighted by atomic mass is 10.2. The lowest BCUT2D eigenvalue weighted by Gasteiger charge is -2.08. The van der Waals surface area contributed by atoms with Crippen molar-refractivity contribution in [2.24, 2.45) is 7.05 Å². The standard InChI is InChI=1S/C16H18N4O2S/c1-10-5-7-13(8-6-10)23(21,22)19-16-18-15-12(3)17-11(2)9-14(15)20(16)4/h5-9H,1-4H3,(H,18,19). The zero-order chi connectivity index (χ0) is 16.8. The van der Waals surface area contributed by atoms with E-state index in [1.807, 2.05) is 26.8 Å². The van der Waals surface area contributed by atoms with Crippen LogP contribution in [-0.2, 0) is 17.1 Å². The SMILES string of the molecule is Cc1ccc(S(=O)(=O)Nc2nc3c(C)nc(C)cc3n2C)cc1. The molecule has 7 heteroatoms. The highest BCUT2D eigenvalue weighted by molar-refractivity contribution is 7.92. The molecule has 0 saturated carbocycles. The van der Waals surface area contributed by atoms with Crippen LogP contribution in [0, 0.1) is 20.8 Å². The number of imidazole rings is 1. The predicted molar refractivity (Wildman–Crippen MR) is 90.0 cm³/mol. The zero-order valence-electron chi connectivity index (χ0n) is 13.5. The van der Waals surface area contributed by atoms with Crippen LogP contribution in [0.25, 0.3) is 11.0 Å². The van der Waals surface area contributed by atoms with Gasteiger partial charge in [-0.2, -0.15) is 0 Å². The summed E-state index contributed by atoms with van der Waals surface area (Å²) in [6, 6.07) is 8.58. The first kappa shape index (κ1) is 15.5. The maximum atomic E-state index is 12.5. The number of benzene rings is 1. The van der Waals surface area contributed by atoms with E-state index in [4.69, 9.17) is 0 Å². The third-order valence-electron chi connectivity index (χ3n) is 3.73. The molecule has 23 heavy (non-hydrogen) atoms. The van der Waals surface area contributed by atoms with Crippen molar-refractivity contribution in [2.45, 2.75) is 25.7 Å². The van der Waals surface area contributed by atoms with Crippen LogP contribution in [0.2, 0.25) is 0 Å². The van der Waals surface area contributed by atoms with Gasteiger partial charge in [-0.05, 0) is 39.0 Å². The first-order valence-corrected chi connectivity index (χ1v) is 8.66. The van der Waals surface area contributed by atoms with Crippen LogP contribution in [-0.4, -0.2) is 23.0 Å². The van der Waals surface area contributed by atoms with E-state index in [9.17, 15) is 8.42 Å². The lowest BCUT2D eigenvalue weighted by molar-refractivity contribution is 0.600. The zero-order valence-corrected chi connectivity index (χ0v) is 14.3. The molecule has 0 atom stereocenters. The maximum Gasteiger partial charge on any atom is 0.264 e. The van der Waals surface area contributed by atoms with Crippen molar-refractivity contribution in [1.82, 2.24) is 14.5 Å². The minimum atomic E-state index is -3.68. The molecule has 0 radical (unpaired) electrons. The molecule has 6 nitrogen and oxygen atoms in total. The van der Waals surface area contributed by atoms with E-state index < -0.39 is 10.0 Å². The van der Waals surface area contributed by atoms with Gasteiger partial charge in [0, 0.05) is 12.7 Å². The molecule has 1 N–H and O–H groups in total. The fraction of sp³-hybridized carbons (Fsp3) is 0.250. The third kappa shape index (κ3) is 2.79. The van der Waals surface area contributed by atoms with Crippen molar-refractivity contribution in [3.05, 3.63) is 47.3 Å². The van der Waals surface area contributed by atoms with E-state index in [0.717, 1.165) is 22.5 Å². The Hall–Kier alpha value is -2.41. The predicted octanol–water partition coefficient (Wildman–Crippen LogP) is 2.69. The van der Waals surface area contributed by atoms with Gasteiger partial charge in [0.2, 0.25) is 5.95 Å². The number of anilines is 1. The quantitative estimate of drug-likeness (QED) is 0.801. The summed E-state index contributed by atoms with van der Waals surface area (Å²) in [6.45, 7) is 5.67. The van der Waals surface area contributed by atoms with Crippen LogP contribution < -0.4 is 4.72 Å². The van der Waals surface area contributed by atoms with Crippen LogP contribution >= 0.6 is 0 Å². The Balaban J connectivity index is 2.06.